The summed E-state index contributed by atoms with van der Waals surface area (Å²) in [7, 11) is -0.601. The van der Waals surface area contributed by atoms with Gasteiger partial charge in [-0.3, -0.25) is 9.59 Å². The van der Waals surface area contributed by atoms with Gasteiger partial charge in [0.2, 0.25) is 0 Å². The molecule has 6 nitrogen and oxygen atoms in total. The van der Waals surface area contributed by atoms with Gasteiger partial charge in [0.1, 0.15) is 18.1 Å². The van der Waals surface area contributed by atoms with Crippen molar-refractivity contribution >= 4 is 24.8 Å². The van der Waals surface area contributed by atoms with E-state index in [1.165, 1.54) is 0 Å². The molecule has 190 valence electrons. The van der Waals surface area contributed by atoms with Crippen LogP contribution >= 0.6 is 0 Å². The molecule has 3 aliphatic rings. The number of aryl methyl sites for hydroxylation is 1. The predicted octanol–water partition coefficient (Wildman–Crippen LogP) is 5.08. The minimum absolute atomic E-state index is 0.00219. The van der Waals surface area contributed by atoms with E-state index in [9.17, 15) is 14.7 Å². The Kier molecular flexibility index (Phi) is 6.28. The van der Waals surface area contributed by atoms with Crippen molar-refractivity contribution in [1.82, 2.24) is 0 Å². The van der Waals surface area contributed by atoms with Gasteiger partial charge in [-0.15, -0.1) is 0 Å². The van der Waals surface area contributed by atoms with Gasteiger partial charge in [-0.2, -0.15) is 0 Å². The molecule has 2 heterocycles. The van der Waals surface area contributed by atoms with Gasteiger partial charge in [-0.05, 0) is 99.5 Å². The van der Waals surface area contributed by atoms with Crippen LogP contribution in [0, 0.1) is 11.8 Å². The Labute approximate surface area is 213 Å². The average molecular weight is 490 g/mol. The number of carbonyl (C=O) groups excluding carboxylic acids is 1. The van der Waals surface area contributed by atoms with Gasteiger partial charge >= 0.3 is 13.1 Å². The first-order valence-electron chi connectivity index (χ1n) is 13.0. The van der Waals surface area contributed by atoms with E-state index in [4.69, 9.17) is 14.0 Å². The SMILES string of the molecule is C[C@H](C(=O)O)[C@H](c1ccc2c(c1)OC(c1ccc(B3OC(C)(C)C(C)(C)O3)c(C=O)c1)CC2)C1CC1. The van der Waals surface area contributed by atoms with Crippen LogP contribution < -0.4 is 10.2 Å². The highest BCUT2D eigenvalue weighted by Crippen LogP contribution is 2.48. The topological polar surface area (TPSA) is 82.1 Å². The Morgan fingerprint density at radius 3 is 2.36 bits per heavy atom. The molecule has 7 heteroatoms. The molecule has 3 atom stereocenters. The van der Waals surface area contributed by atoms with Crippen molar-refractivity contribution in [3.05, 3.63) is 58.7 Å². The van der Waals surface area contributed by atoms with Crippen molar-refractivity contribution < 1.29 is 28.7 Å². The Balaban J connectivity index is 1.39. The maximum atomic E-state index is 12.0. The van der Waals surface area contributed by atoms with Gasteiger partial charge in [0.25, 0.3) is 0 Å². The molecule has 2 aliphatic heterocycles. The van der Waals surface area contributed by atoms with E-state index in [1.54, 1.807) is 6.92 Å². The summed E-state index contributed by atoms with van der Waals surface area (Å²) < 4.78 is 18.8. The molecule has 1 N–H and O–H groups in total. The molecule has 0 radical (unpaired) electrons. The Hall–Kier alpha value is -2.64. The number of ether oxygens (including phenoxy) is 1. The molecule has 0 aromatic heterocycles. The summed E-state index contributed by atoms with van der Waals surface area (Å²) in [6.07, 6.45) is 4.48. The second-order valence-electron chi connectivity index (χ2n) is 11.6. The fraction of sp³-hybridized carbons (Fsp3) is 0.517. The number of benzene rings is 2. The van der Waals surface area contributed by atoms with Crippen molar-refractivity contribution in [2.45, 2.75) is 83.5 Å². The van der Waals surface area contributed by atoms with Gasteiger partial charge in [-0.1, -0.05) is 31.2 Å². The second-order valence-corrected chi connectivity index (χ2v) is 11.6. The van der Waals surface area contributed by atoms with Gasteiger partial charge in [0, 0.05) is 5.56 Å². The summed E-state index contributed by atoms with van der Waals surface area (Å²) in [4.78, 5) is 23.8. The summed E-state index contributed by atoms with van der Waals surface area (Å²) >= 11 is 0. The fourth-order valence-corrected chi connectivity index (χ4v) is 5.49. The zero-order valence-electron chi connectivity index (χ0n) is 21.7. The van der Waals surface area contributed by atoms with Gasteiger partial charge in [0.15, 0.2) is 0 Å². The maximum absolute atomic E-state index is 12.0. The molecule has 5 rings (SSSR count). The van der Waals surface area contributed by atoms with Gasteiger partial charge in [-0.25, -0.2) is 0 Å². The highest BCUT2D eigenvalue weighted by molar-refractivity contribution is 6.63. The molecule has 0 spiro atoms. The standard InChI is InChI=1S/C29H35BO6/c1-17(27(32)33)26(19-7-8-19)21-9-6-18-11-13-24(34-25(18)15-21)20-10-12-23(22(14-20)16-31)30-35-28(2,3)29(4,5)36-30/h6,9-10,12,14-17,19,24,26H,7-8,11,13H2,1-5H3,(H,32,33)/t17-,24?,26-/m0/s1. The normalized spacial score (nSPS) is 23.9. The lowest BCUT2D eigenvalue weighted by molar-refractivity contribution is -0.142. The number of carbonyl (C=O) groups is 2. The molecular weight excluding hydrogens is 455 g/mol. The van der Waals surface area contributed by atoms with Crippen molar-refractivity contribution in [1.29, 1.82) is 0 Å². The van der Waals surface area contributed by atoms with Crippen molar-refractivity contribution in [3.8, 4) is 5.75 Å². The van der Waals surface area contributed by atoms with E-state index in [1.807, 2.05) is 52.0 Å². The van der Waals surface area contributed by atoms with Crippen LogP contribution in [0.2, 0.25) is 0 Å². The largest absolute Gasteiger partial charge is 0.495 e. The highest BCUT2D eigenvalue weighted by Gasteiger charge is 2.52. The molecule has 1 aliphatic carbocycles. The van der Waals surface area contributed by atoms with Crippen LogP contribution in [0.3, 0.4) is 0 Å². The molecular formula is C29H35BO6. The third-order valence-electron chi connectivity index (χ3n) is 8.60. The molecule has 2 fully saturated rings. The first-order chi connectivity index (χ1) is 17.0. The van der Waals surface area contributed by atoms with Crippen LogP contribution in [0.25, 0.3) is 0 Å². The lowest BCUT2D eigenvalue weighted by Gasteiger charge is -2.32. The number of carboxylic acid groups (broad SMARTS) is 1. The smallest absolute Gasteiger partial charge is 0.485 e. The number of aldehydes is 1. The van der Waals surface area contributed by atoms with Crippen LogP contribution in [0.1, 0.15) is 93.0 Å². The van der Waals surface area contributed by atoms with Gasteiger partial charge < -0.3 is 19.2 Å². The van der Waals surface area contributed by atoms with E-state index in [0.29, 0.717) is 11.5 Å². The Morgan fingerprint density at radius 2 is 1.75 bits per heavy atom. The number of aliphatic carboxylic acids is 1. The lowest BCUT2D eigenvalue weighted by Crippen LogP contribution is -2.41. The maximum Gasteiger partial charge on any atom is 0.495 e. The number of carboxylic acids is 1. The van der Waals surface area contributed by atoms with E-state index in [-0.39, 0.29) is 12.0 Å². The van der Waals surface area contributed by atoms with E-state index < -0.39 is 30.2 Å². The zero-order valence-corrected chi connectivity index (χ0v) is 21.7. The summed E-state index contributed by atoms with van der Waals surface area (Å²) in [6, 6.07) is 12.0. The lowest BCUT2D eigenvalue weighted by atomic mass is 9.75. The third kappa shape index (κ3) is 4.48. The summed E-state index contributed by atoms with van der Waals surface area (Å²) in [5, 5.41) is 9.65. The first-order valence-corrected chi connectivity index (χ1v) is 13.0. The Bertz CT molecular complexity index is 1170. The minimum atomic E-state index is -0.758. The summed E-state index contributed by atoms with van der Waals surface area (Å²) in [6.45, 7) is 9.78. The van der Waals surface area contributed by atoms with Crippen LogP contribution in [-0.4, -0.2) is 35.7 Å². The highest BCUT2D eigenvalue weighted by atomic mass is 16.7. The molecule has 1 unspecified atom stereocenters. The summed E-state index contributed by atoms with van der Waals surface area (Å²) in [5.74, 6) is 0.0398. The number of hydrogen-bond acceptors (Lipinski definition) is 5. The third-order valence-corrected chi connectivity index (χ3v) is 8.60. The van der Waals surface area contributed by atoms with E-state index in [2.05, 4.69) is 12.1 Å². The first kappa shape index (κ1) is 25.0. The van der Waals surface area contributed by atoms with Crippen LogP contribution in [0.5, 0.6) is 5.75 Å². The van der Waals surface area contributed by atoms with E-state index >= 15 is 0 Å². The number of hydrogen-bond donors (Lipinski definition) is 1. The minimum Gasteiger partial charge on any atom is -0.485 e. The van der Waals surface area contributed by atoms with Crippen LogP contribution in [0.4, 0.5) is 0 Å². The quantitative estimate of drug-likeness (QED) is 0.431. The molecule has 1 saturated carbocycles. The molecule has 0 amide bonds. The van der Waals surface area contributed by atoms with E-state index in [0.717, 1.165) is 59.9 Å². The monoisotopic (exact) mass is 490 g/mol. The van der Waals surface area contributed by atoms with Crippen molar-refractivity contribution in [3.63, 3.8) is 0 Å². The molecule has 2 aromatic carbocycles. The molecule has 1 saturated heterocycles. The second kappa shape index (κ2) is 9.03. The van der Waals surface area contributed by atoms with Gasteiger partial charge in [0.05, 0.1) is 17.1 Å². The van der Waals surface area contributed by atoms with Crippen LogP contribution in [0.15, 0.2) is 36.4 Å². The van der Waals surface area contributed by atoms with Crippen molar-refractivity contribution in [2.24, 2.45) is 11.8 Å². The number of fused-ring (bicyclic) bond motifs is 1. The molecule has 2 aromatic rings. The van der Waals surface area contributed by atoms with Crippen LogP contribution in [-0.2, 0) is 20.5 Å². The predicted molar refractivity (Wildman–Crippen MR) is 138 cm³/mol. The summed E-state index contributed by atoms with van der Waals surface area (Å²) in [5.41, 5.74) is 3.40. The number of rotatable bonds is 7. The molecule has 0 bridgehead atoms. The fourth-order valence-electron chi connectivity index (χ4n) is 5.49. The zero-order chi connectivity index (χ0) is 25.8. The molecule has 36 heavy (non-hydrogen) atoms. The average Bonchev–Trinajstić information content (AvgIpc) is 3.64. The Morgan fingerprint density at radius 1 is 1.06 bits per heavy atom. The van der Waals surface area contributed by atoms with Crippen molar-refractivity contribution in [2.75, 3.05) is 0 Å².